The third-order valence-electron chi connectivity index (χ3n) is 4.29. The molecule has 0 N–H and O–H groups in total. The highest BCUT2D eigenvalue weighted by molar-refractivity contribution is 5.84. The van der Waals surface area contributed by atoms with E-state index in [1.807, 2.05) is 13.8 Å². The van der Waals surface area contributed by atoms with Crippen molar-refractivity contribution in [2.45, 2.75) is 34.1 Å². The zero-order valence-corrected chi connectivity index (χ0v) is 13.2. The van der Waals surface area contributed by atoms with Gasteiger partial charge in [0.05, 0.1) is 13.2 Å². The van der Waals surface area contributed by atoms with E-state index in [9.17, 15) is 0 Å². The van der Waals surface area contributed by atoms with Crippen LogP contribution < -0.4 is 9.47 Å². The van der Waals surface area contributed by atoms with Crippen LogP contribution in [-0.4, -0.2) is 13.2 Å². The molecule has 0 spiro atoms. The lowest BCUT2D eigenvalue weighted by atomic mass is 9.95. The van der Waals surface area contributed by atoms with Crippen molar-refractivity contribution in [1.82, 2.24) is 0 Å². The molecule has 0 bridgehead atoms. The Labute approximate surface area is 126 Å². The monoisotopic (exact) mass is 282 g/mol. The Morgan fingerprint density at radius 1 is 0.905 bits per heavy atom. The van der Waals surface area contributed by atoms with Gasteiger partial charge in [0.15, 0.2) is 11.5 Å². The van der Waals surface area contributed by atoms with Gasteiger partial charge in [-0.15, -0.1) is 0 Å². The van der Waals surface area contributed by atoms with E-state index in [1.54, 1.807) is 0 Å². The zero-order valence-electron chi connectivity index (χ0n) is 13.2. The van der Waals surface area contributed by atoms with Gasteiger partial charge in [-0.2, -0.15) is 0 Å². The van der Waals surface area contributed by atoms with Gasteiger partial charge in [-0.3, -0.25) is 0 Å². The van der Waals surface area contributed by atoms with Crippen molar-refractivity contribution in [1.29, 1.82) is 0 Å². The van der Waals surface area contributed by atoms with Crippen molar-refractivity contribution in [3.05, 3.63) is 46.5 Å². The Hall–Kier alpha value is -1.96. The largest absolute Gasteiger partial charge is 0.490 e. The van der Waals surface area contributed by atoms with E-state index in [1.165, 1.54) is 33.4 Å². The third-order valence-corrected chi connectivity index (χ3v) is 4.29. The molecule has 0 unspecified atom stereocenters. The van der Waals surface area contributed by atoms with Crippen LogP contribution in [0.4, 0.5) is 0 Å². The Morgan fingerprint density at radius 3 is 2.29 bits per heavy atom. The molecule has 0 amide bonds. The average molecular weight is 282 g/mol. The second-order valence-electron chi connectivity index (χ2n) is 5.46. The van der Waals surface area contributed by atoms with Crippen LogP contribution in [0, 0.1) is 13.8 Å². The minimum Gasteiger partial charge on any atom is -0.490 e. The molecule has 0 saturated heterocycles. The fourth-order valence-corrected chi connectivity index (χ4v) is 3.26. The maximum Gasteiger partial charge on any atom is 0.165 e. The fourth-order valence-electron chi connectivity index (χ4n) is 3.26. The number of ether oxygens (including phenoxy) is 2. The molecule has 0 aromatic heterocycles. The van der Waals surface area contributed by atoms with E-state index < -0.39 is 0 Å². The van der Waals surface area contributed by atoms with E-state index >= 15 is 0 Å². The number of benzene rings is 2. The molecule has 0 aliphatic heterocycles. The molecule has 0 heterocycles. The molecule has 0 atom stereocenters. The van der Waals surface area contributed by atoms with Crippen LogP contribution in [0.2, 0.25) is 0 Å². The van der Waals surface area contributed by atoms with Gasteiger partial charge in [-0.05, 0) is 55.5 Å². The van der Waals surface area contributed by atoms with Crippen molar-refractivity contribution in [3.63, 3.8) is 0 Å². The smallest absolute Gasteiger partial charge is 0.165 e. The van der Waals surface area contributed by atoms with Gasteiger partial charge in [-0.1, -0.05) is 24.3 Å². The Morgan fingerprint density at radius 2 is 1.57 bits per heavy atom. The number of fused-ring (bicyclic) bond motifs is 3. The highest BCUT2D eigenvalue weighted by Crippen LogP contribution is 2.49. The number of rotatable bonds is 4. The molecule has 1 aliphatic rings. The standard InChI is InChI=1S/C19H22O2/c1-5-20-18-13(4)12(3)17-15-10-8-7-9-14(15)11-16(17)19(18)21-6-2/h7-10H,5-6,11H2,1-4H3. The first-order chi connectivity index (χ1) is 10.2. The molecule has 21 heavy (non-hydrogen) atoms. The summed E-state index contributed by atoms with van der Waals surface area (Å²) in [5.74, 6) is 1.86. The normalized spacial score (nSPS) is 12.0. The van der Waals surface area contributed by atoms with Gasteiger partial charge >= 0.3 is 0 Å². The van der Waals surface area contributed by atoms with Gasteiger partial charge < -0.3 is 9.47 Å². The summed E-state index contributed by atoms with van der Waals surface area (Å²) in [4.78, 5) is 0. The van der Waals surface area contributed by atoms with Crippen LogP contribution in [0.15, 0.2) is 24.3 Å². The van der Waals surface area contributed by atoms with Crippen molar-refractivity contribution in [2.75, 3.05) is 13.2 Å². The average Bonchev–Trinajstić information content (AvgIpc) is 2.87. The lowest BCUT2D eigenvalue weighted by Crippen LogP contribution is -2.05. The molecule has 3 rings (SSSR count). The van der Waals surface area contributed by atoms with Gasteiger partial charge in [-0.25, -0.2) is 0 Å². The molecule has 0 saturated carbocycles. The first-order valence-electron chi connectivity index (χ1n) is 7.68. The minimum absolute atomic E-state index is 0.658. The van der Waals surface area contributed by atoms with Gasteiger partial charge in [0.25, 0.3) is 0 Å². The zero-order chi connectivity index (χ0) is 15.0. The van der Waals surface area contributed by atoms with Crippen LogP contribution in [0.5, 0.6) is 11.5 Å². The highest BCUT2D eigenvalue weighted by Gasteiger charge is 2.28. The predicted octanol–water partition coefficient (Wildman–Crippen LogP) is 4.67. The highest BCUT2D eigenvalue weighted by atomic mass is 16.5. The van der Waals surface area contributed by atoms with Gasteiger partial charge in [0.2, 0.25) is 0 Å². The van der Waals surface area contributed by atoms with E-state index in [0.717, 1.165) is 17.9 Å². The van der Waals surface area contributed by atoms with Crippen LogP contribution in [-0.2, 0) is 6.42 Å². The molecule has 110 valence electrons. The van der Waals surface area contributed by atoms with Crippen molar-refractivity contribution < 1.29 is 9.47 Å². The molecule has 2 nitrogen and oxygen atoms in total. The molecular formula is C19H22O2. The fraction of sp³-hybridized carbons (Fsp3) is 0.368. The number of hydrogen-bond donors (Lipinski definition) is 0. The van der Waals surface area contributed by atoms with Crippen molar-refractivity contribution in [3.8, 4) is 22.6 Å². The maximum atomic E-state index is 5.97. The summed E-state index contributed by atoms with van der Waals surface area (Å²) in [6, 6.07) is 8.64. The van der Waals surface area contributed by atoms with E-state index in [-0.39, 0.29) is 0 Å². The summed E-state index contributed by atoms with van der Waals surface area (Å²) >= 11 is 0. The summed E-state index contributed by atoms with van der Waals surface area (Å²) < 4.78 is 11.9. The van der Waals surface area contributed by atoms with Crippen molar-refractivity contribution in [2.24, 2.45) is 0 Å². The molecule has 0 fully saturated rings. The second kappa shape index (κ2) is 5.44. The predicted molar refractivity (Wildman–Crippen MR) is 86.5 cm³/mol. The summed E-state index contributed by atoms with van der Waals surface area (Å²) in [5, 5.41) is 0. The molecule has 2 aromatic rings. The Bertz CT molecular complexity index is 686. The second-order valence-corrected chi connectivity index (χ2v) is 5.46. The maximum absolute atomic E-state index is 5.97. The van der Waals surface area contributed by atoms with E-state index in [4.69, 9.17) is 9.47 Å². The van der Waals surface area contributed by atoms with E-state index in [0.29, 0.717) is 13.2 Å². The lowest BCUT2D eigenvalue weighted by molar-refractivity contribution is 0.284. The van der Waals surface area contributed by atoms with Crippen LogP contribution >= 0.6 is 0 Å². The van der Waals surface area contributed by atoms with Gasteiger partial charge in [0.1, 0.15) is 0 Å². The van der Waals surface area contributed by atoms with Gasteiger partial charge in [0, 0.05) is 12.0 Å². The quantitative estimate of drug-likeness (QED) is 0.692. The molecule has 2 aromatic carbocycles. The topological polar surface area (TPSA) is 18.5 Å². The van der Waals surface area contributed by atoms with Crippen LogP contribution in [0.1, 0.15) is 36.1 Å². The molecule has 0 radical (unpaired) electrons. The number of hydrogen-bond acceptors (Lipinski definition) is 2. The Kier molecular flexibility index (Phi) is 3.62. The minimum atomic E-state index is 0.658. The summed E-state index contributed by atoms with van der Waals surface area (Å²) in [6.45, 7) is 9.68. The summed E-state index contributed by atoms with van der Waals surface area (Å²) in [5.41, 5.74) is 7.85. The molecular weight excluding hydrogens is 260 g/mol. The summed E-state index contributed by atoms with van der Waals surface area (Å²) in [6.07, 6.45) is 0.933. The SMILES string of the molecule is CCOc1c(C)c(C)c2c(c1OCC)Cc1ccccc1-2. The lowest BCUT2D eigenvalue weighted by Gasteiger charge is -2.20. The first-order valence-corrected chi connectivity index (χ1v) is 7.68. The summed E-state index contributed by atoms with van der Waals surface area (Å²) in [7, 11) is 0. The van der Waals surface area contributed by atoms with Crippen molar-refractivity contribution >= 4 is 0 Å². The Balaban J connectivity index is 2.29. The van der Waals surface area contributed by atoms with Crippen LogP contribution in [0.25, 0.3) is 11.1 Å². The third kappa shape index (κ3) is 2.10. The first kappa shape index (κ1) is 14.0. The molecule has 2 heteroatoms. The molecule has 1 aliphatic carbocycles. The van der Waals surface area contributed by atoms with E-state index in [2.05, 4.69) is 38.1 Å². The van der Waals surface area contributed by atoms with Crippen LogP contribution in [0.3, 0.4) is 0 Å².